The van der Waals surface area contributed by atoms with E-state index >= 15 is 0 Å². The Bertz CT molecular complexity index is 893. The molecule has 0 aliphatic heterocycles. The van der Waals surface area contributed by atoms with E-state index in [2.05, 4.69) is 48.2 Å². The third kappa shape index (κ3) is 13.2. The van der Waals surface area contributed by atoms with Crippen molar-refractivity contribution in [2.24, 2.45) is 0 Å². The Labute approximate surface area is 217 Å². The smallest absolute Gasteiger partial charge is 0.456 e. The predicted molar refractivity (Wildman–Crippen MR) is 105 cm³/mol. The van der Waals surface area contributed by atoms with Crippen molar-refractivity contribution < 1.29 is 91.1 Å². The molecule has 9 nitrogen and oxygen atoms in total. The van der Waals surface area contributed by atoms with Gasteiger partial charge in [0.2, 0.25) is 0 Å². The lowest BCUT2D eigenvalue weighted by molar-refractivity contribution is -0.539. The summed E-state index contributed by atoms with van der Waals surface area (Å²) in [7, 11) is 0. The van der Waals surface area contributed by atoms with Crippen LogP contribution in [0.1, 0.15) is 6.42 Å². The van der Waals surface area contributed by atoms with E-state index in [0.717, 1.165) is 0 Å². The second kappa shape index (κ2) is 13.9. The molecule has 0 saturated carbocycles. The third-order valence-electron chi connectivity index (χ3n) is 3.59. The van der Waals surface area contributed by atoms with Crippen LogP contribution in [-0.2, 0) is 42.8 Å². The first-order chi connectivity index (χ1) is 17.9. The number of ether oxygens (including phenoxy) is 6. The van der Waals surface area contributed by atoms with Gasteiger partial charge in [-0.05, 0) is 0 Å². The molecule has 0 bridgehead atoms. The van der Waals surface area contributed by atoms with Crippen molar-refractivity contribution in [1.82, 2.24) is 0 Å². The molecule has 0 atom stereocenters. The maximum absolute atomic E-state index is 14.2. The van der Waals surface area contributed by atoms with Gasteiger partial charge in [-0.15, -0.1) is 0 Å². The van der Waals surface area contributed by atoms with Gasteiger partial charge in [0.25, 0.3) is 0 Å². The number of halogens is 11. The van der Waals surface area contributed by atoms with E-state index in [0.29, 0.717) is 12.2 Å². The molecule has 0 unspecified atom stereocenters. The topological polar surface area (TPSA) is 107 Å². The van der Waals surface area contributed by atoms with Crippen LogP contribution in [0.2, 0.25) is 0 Å². The monoisotopic (exact) mass is 612 g/mol. The molecule has 0 N–H and O–H groups in total. The van der Waals surface area contributed by atoms with Crippen molar-refractivity contribution in [3.05, 3.63) is 38.0 Å². The molecule has 0 aliphatic carbocycles. The van der Waals surface area contributed by atoms with Crippen LogP contribution in [0, 0.1) is 0 Å². The van der Waals surface area contributed by atoms with Crippen molar-refractivity contribution in [2.75, 3.05) is 26.4 Å². The van der Waals surface area contributed by atoms with E-state index in [9.17, 15) is 62.7 Å². The summed E-state index contributed by atoms with van der Waals surface area (Å²) >= 11 is 0. The Kier molecular flexibility index (Phi) is 12.8. The molecule has 0 aromatic rings. The summed E-state index contributed by atoms with van der Waals surface area (Å²) < 4.78 is 174. The Morgan fingerprint density at radius 1 is 0.575 bits per heavy atom. The van der Waals surface area contributed by atoms with Gasteiger partial charge in [-0.25, -0.2) is 31.9 Å². The summed E-state index contributed by atoms with van der Waals surface area (Å²) in [6.45, 7) is -1.29. The molecule has 0 saturated heterocycles. The van der Waals surface area contributed by atoms with Gasteiger partial charge in [0.1, 0.15) is 19.6 Å². The zero-order valence-corrected chi connectivity index (χ0v) is 19.7. The number of hydrogen-bond donors (Lipinski definition) is 0. The van der Waals surface area contributed by atoms with E-state index in [1.807, 2.05) is 0 Å². The SMILES string of the molecule is C=CC(=O)OCC(F)(F)COC(OCC(F)(F)COC(=O)C=C)(OC(F)(F)CC(F)(F)OC(=O)C=C)C(F)(F)F. The molecule has 230 valence electrons. The molecule has 20 heteroatoms. The Morgan fingerprint density at radius 2 is 0.950 bits per heavy atom. The van der Waals surface area contributed by atoms with Gasteiger partial charge >= 0.3 is 54.1 Å². The van der Waals surface area contributed by atoms with Crippen LogP contribution in [0.3, 0.4) is 0 Å². The lowest BCUT2D eigenvalue weighted by Crippen LogP contribution is -2.59. The van der Waals surface area contributed by atoms with Crippen LogP contribution in [0.5, 0.6) is 0 Å². The number of rotatable bonds is 18. The predicted octanol–water partition coefficient (Wildman–Crippen LogP) is 4.29. The van der Waals surface area contributed by atoms with E-state index in [-0.39, 0.29) is 6.08 Å². The van der Waals surface area contributed by atoms with Crippen molar-refractivity contribution in [3.63, 3.8) is 0 Å². The van der Waals surface area contributed by atoms with E-state index in [1.54, 1.807) is 0 Å². The van der Waals surface area contributed by atoms with Crippen molar-refractivity contribution in [1.29, 1.82) is 0 Å². The van der Waals surface area contributed by atoms with E-state index in [4.69, 9.17) is 0 Å². The largest absolute Gasteiger partial charge is 0.473 e. The molecule has 0 aliphatic rings. The number of carbonyl (C=O) groups is 3. The quantitative estimate of drug-likeness (QED) is 0.0737. The molecule has 0 spiro atoms. The number of esters is 3. The maximum atomic E-state index is 14.2. The lowest BCUT2D eigenvalue weighted by Gasteiger charge is -2.38. The summed E-state index contributed by atoms with van der Waals surface area (Å²) in [4.78, 5) is 32.7. The van der Waals surface area contributed by atoms with Gasteiger partial charge in [0.15, 0.2) is 13.2 Å². The zero-order valence-electron chi connectivity index (χ0n) is 19.7. The minimum absolute atomic E-state index is 0.0433. The maximum Gasteiger partial charge on any atom is 0.473 e. The molecule has 0 radical (unpaired) electrons. The average molecular weight is 612 g/mol. The summed E-state index contributed by atoms with van der Waals surface area (Å²) in [5.41, 5.74) is 0. The second-order valence-electron chi connectivity index (χ2n) is 7.15. The highest BCUT2D eigenvalue weighted by atomic mass is 19.4. The van der Waals surface area contributed by atoms with Crippen LogP contribution < -0.4 is 0 Å². The molecule has 0 rings (SSSR count). The Hall–Kier alpha value is -3.26. The van der Waals surface area contributed by atoms with Crippen LogP contribution in [0.4, 0.5) is 48.3 Å². The fourth-order valence-corrected chi connectivity index (χ4v) is 1.98. The zero-order chi connectivity index (χ0) is 31.6. The fraction of sp³-hybridized carbons (Fsp3) is 0.550. The third-order valence-corrected chi connectivity index (χ3v) is 3.59. The normalized spacial score (nSPS) is 13.3. The van der Waals surface area contributed by atoms with E-state index < -0.39 is 87.0 Å². The molecule has 0 fully saturated rings. The van der Waals surface area contributed by atoms with Gasteiger partial charge < -0.3 is 23.7 Å². The minimum Gasteiger partial charge on any atom is -0.456 e. The summed E-state index contributed by atoms with van der Waals surface area (Å²) in [6, 6.07) is 0. The number of hydrogen-bond acceptors (Lipinski definition) is 9. The average Bonchev–Trinajstić information content (AvgIpc) is 2.80. The molecule has 0 amide bonds. The van der Waals surface area contributed by atoms with Gasteiger partial charge in [0.05, 0.1) is 0 Å². The highest BCUT2D eigenvalue weighted by Crippen LogP contribution is 2.44. The van der Waals surface area contributed by atoms with Crippen molar-refractivity contribution in [3.8, 4) is 0 Å². The first-order valence-electron chi connectivity index (χ1n) is 9.94. The fourth-order valence-electron chi connectivity index (χ4n) is 1.98. The van der Waals surface area contributed by atoms with Crippen LogP contribution >= 0.6 is 0 Å². The Morgan fingerprint density at radius 3 is 1.27 bits per heavy atom. The van der Waals surface area contributed by atoms with Crippen LogP contribution in [0.25, 0.3) is 0 Å². The standard InChI is InChI=1S/C20H19F11O9/c1-4-12(32)35-8-15(21,22)10-37-20(19(29,30)31,38-11-16(23,24)9-36-13(33)5-2)40-18(27,28)7-17(25,26)39-14(34)6-3/h4-6H,1-3,7-11H2. The van der Waals surface area contributed by atoms with Gasteiger partial charge in [-0.3, -0.25) is 4.74 Å². The summed E-state index contributed by atoms with van der Waals surface area (Å²) in [5, 5.41) is 0. The number of alkyl halides is 11. The molecule has 0 aromatic carbocycles. The van der Waals surface area contributed by atoms with Gasteiger partial charge in [-0.2, -0.15) is 30.7 Å². The second-order valence-corrected chi connectivity index (χ2v) is 7.15. The van der Waals surface area contributed by atoms with Gasteiger partial charge in [0, 0.05) is 18.2 Å². The molecular weight excluding hydrogens is 593 g/mol. The molecule has 40 heavy (non-hydrogen) atoms. The molecule has 0 aromatic heterocycles. The van der Waals surface area contributed by atoms with Crippen LogP contribution in [-0.4, -0.2) is 80.5 Å². The highest BCUT2D eigenvalue weighted by molar-refractivity contribution is 5.81. The summed E-state index contributed by atoms with van der Waals surface area (Å²) in [6.07, 6.45) is -20.3. The Balaban J connectivity index is 6.30. The van der Waals surface area contributed by atoms with E-state index in [1.165, 1.54) is 0 Å². The first-order valence-corrected chi connectivity index (χ1v) is 9.94. The number of carbonyl (C=O) groups excluding carboxylic acids is 3. The van der Waals surface area contributed by atoms with Crippen molar-refractivity contribution in [2.45, 2.75) is 42.6 Å². The first kappa shape index (κ1) is 36.7. The highest BCUT2D eigenvalue weighted by Gasteiger charge is 2.67. The van der Waals surface area contributed by atoms with Gasteiger partial charge in [-0.1, -0.05) is 19.7 Å². The van der Waals surface area contributed by atoms with Crippen LogP contribution in [0.15, 0.2) is 38.0 Å². The molecule has 0 heterocycles. The molecular formula is C20H19F11O9. The lowest BCUT2D eigenvalue weighted by atomic mass is 10.3. The summed E-state index contributed by atoms with van der Waals surface area (Å²) in [5.74, 6) is -20.2. The van der Waals surface area contributed by atoms with Crippen molar-refractivity contribution >= 4 is 17.9 Å². The minimum atomic E-state index is -6.63.